The summed E-state index contributed by atoms with van der Waals surface area (Å²) in [6, 6.07) is 0.118. The highest BCUT2D eigenvalue weighted by atomic mass is 16.6. The van der Waals surface area contributed by atoms with Crippen molar-refractivity contribution in [3.63, 3.8) is 0 Å². The molecular formula is C11H17NO3. The van der Waals surface area contributed by atoms with E-state index in [0.29, 0.717) is 18.7 Å². The van der Waals surface area contributed by atoms with Crippen molar-refractivity contribution in [1.82, 2.24) is 4.90 Å². The monoisotopic (exact) mass is 211 g/mol. The third-order valence-corrected chi connectivity index (χ3v) is 2.99. The number of fused-ring (bicyclic) bond motifs is 1. The first kappa shape index (κ1) is 10.5. The number of hydrogen-bond acceptors (Lipinski definition) is 3. The van der Waals surface area contributed by atoms with Gasteiger partial charge < -0.3 is 9.64 Å². The molecule has 2 atom stereocenters. The number of Topliss-reactive ketones (excluding diaryl/α,β-unsaturated/α-hetero) is 1. The number of likely N-dealkylation sites (tertiary alicyclic amines) is 1. The van der Waals surface area contributed by atoms with Gasteiger partial charge in [-0.2, -0.15) is 0 Å². The van der Waals surface area contributed by atoms with Crippen LogP contribution in [0.1, 0.15) is 33.6 Å². The summed E-state index contributed by atoms with van der Waals surface area (Å²) in [5.74, 6) is 0.400. The molecule has 2 rings (SSSR count). The van der Waals surface area contributed by atoms with Crippen molar-refractivity contribution in [2.24, 2.45) is 5.92 Å². The molecule has 0 aromatic rings. The first-order chi connectivity index (χ1) is 6.88. The molecular weight excluding hydrogens is 194 g/mol. The van der Waals surface area contributed by atoms with E-state index in [0.717, 1.165) is 6.42 Å². The molecule has 0 bridgehead atoms. The van der Waals surface area contributed by atoms with E-state index in [-0.39, 0.29) is 18.1 Å². The number of nitrogens with zero attached hydrogens (tertiary/aromatic N) is 1. The van der Waals surface area contributed by atoms with Crippen LogP contribution < -0.4 is 0 Å². The zero-order valence-electron chi connectivity index (χ0n) is 9.45. The van der Waals surface area contributed by atoms with Crippen LogP contribution in [-0.4, -0.2) is 35.0 Å². The predicted molar refractivity (Wildman–Crippen MR) is 54.5 cm³/mol. The number of amides is 1. The fourth-order valence-corrected chi connectivity index (χ4v) is 2.23. The molecule has 2 fully saturated rings. The molecule has 0 N–H and O–H groups in total. The standard InChI is InChI=1S/C11H17NO3/c1-11(2,3)15-10(14)12-6-7-8(12)4-5-9(7)13/h7-8H,4-6H2,1-3H3. The van der Waals surface area contributed by atoms with Gasteiger partial charge in [-0.3, -0.25) is 4.79 Å². The summed E-state index contributed by atoms with van der Waals surface area (Å²) >= 11 is 0. The largest absolute Gasteiger partial charge is 0.444 e. The van der Waals surface area contributed by atoms with Crippen LogP contribution in [0.3, 0.4) is 0 Å². The molecule has 4 nitrogen and oxygen atoms in total. The third kappa shape index (κ3) is 1.85. The first-order valence-electron chi connectivity index (χ1n) is 5.41. The van der Waals surface area contributed by atoms with Crippen molar-refractivity contribution in [2.45, 2.75) is 45.3 Å². The van der Waals surface area contributed by atoms with E-state index in [1.165, 1.54) is 0 Å². The minimum Gasteiger partial charge on any atom is -0.444 e. The van der Waals surface area contributed by atoms with E-state index < -0.39 is 5.60 Å². The van der Waals surface area contributed by atoms with E-state index >= 15 is 0 Å². The molecule has 1 amide bonds. The first-order valence-corrected chi connectivity index (χ1v) is 5.41. The molecule has 1 aliphatic carbocycles. The topological polar surface area (TPSA) is 46.6 Å². The van der Waals surface area contributed by atoms with E-state index in [2.05, 4.69) is 0 Å². The summed E-state index contributed by atoms with van der Waals surface area (Å²) in [6.07, 6.45) is 1.15. The molecule has 4 heteroatoms. The average Bonchev–Trinajstić information content (AvgIpc) is 2.22. The van der Waals surface area contributed by atoms with Crippen molar-refractivity contribution in [2.75, 3.05) is 6.54 Å². The van der Waals surface area contributed by atoms with Gasteiger partial charge in [-0.25, -0.2) is 4.79 Å². The Labute approximate surface area is 89.6 Å². The lowest BCUT2D eigenvalue weighted by Crippen LogP contribution is -2.58. The van der Waals surface area contributed by atoms with Gasteiger partial charge in [0, 0.05) is 19.0 Å². The Morgan fingerprint density at radius 3 is 2.67 bits per heavy atom. The second-order valence-electron chi connectivity index (χ2n) is 5.31. The molecule has 0 radical (unpaired) electrons. The Balaban J connectivity index is 1.93. The predicted octanol–water partition coefficient (Wildman–Crippen LogP) is 1.58. The Morgan fingerprint density at radius 1 is 1.47 bits per heavy atom. The van der Waals surface area contributed by atoms with Gasteiger partial charge in [0.1, 0.15) is 11.4 Å². The summed E-state index contributed by atoms with van der Waals surface area (Å²) < 4.78 is 5.26. The van der Waals surface area contributed by atoms with Gasteiger partial charge >= 0.3 is 6.09 Å². The molecule has 15 heavy (non-hydrogen) atoms. The van der Waals surface area contributed by atoms with Gasteiger partial charge in [-0.15, -0.1) is 0 Å². The van der Waals surface area contributed by atoms with Gasteiger partial charge in [0.15, 0.2) is 0 Å². The fourth-order valence-electron chi connectivity index (χ4n) is 2.23. The zero-order valence-corrected chi connectivity index (χ0v) is 9.45. The summed E-state index contributed by atoms with van der Waals surface area (Å²) in [5.41, 5.74) is -0.454. The van der Waals surface area contributed by atoms with Crippen LogP contribution in [0, 0.1) is 5.92 Å². The fraction of sp³-hybridized carbons (Fsp3) is 0.818. The van der Waals surface area contributed by atoms with Crippen molar-refractivity contribution in [3.8, 4) is 0 Å². The summed E-state index contributed by atoms with van der Waals surface area (Å²) in [6.45, 7) is 6.10. The number of ether oxygens (including phenoxy) is 1. The molecule has 1 saturated carbocycles. The van der Waals surface area contributed by atoms with Crippen LogP contribution in [0.25, 0.3) is 0 Å². The summed E-state index contributed by atoms with van der Waals surface area (Å²) in [7, 11) is 0. The normalized spacial score (nSPS) is 29.8. The highest BCUT2D eigenvalue weighted by molar-refractivity contribution is 5.87. The summed E-state index contributed by atoms with van der Waals surface area (Å²) in [4.78, 5) is 24.7. The lowest BCUT2D eigenvalue weighted by atomic mass is 9.92. The number of ketones is 1. The van der Waals surface area contributed by atoms with Crippen LogP contribution in [0.2, 0.25) is 0 Å². The van der Waals surface area contributed by atoms with E-state index in [9.17, 15) is 9.59 Å². The number of carbonyl (C=O) groups is 2. The maximum Gasteiger partial charge on any atom is 0.410 e. The summed E-state index contributed by atoms with van der Waals surface area (Å²) in [5, 5.41) is 0. The zero-order chi connectivity index (χ0) is 11.2. The Bertz CT molecular complexity index is 305. The second-order valence-corrected chi connectivity index (χ2v) is 5.31. The van der Waals surface area contributed by atoms with E-state index in [1.807, 2.05) is 20.8 Å². The van der Waals surface area contributed by atoms with Crippen LogP contribution >= 0.6 is 0 Å². The SMILES string of the molecule is CC(C)(C)OC(=O)N1CC2C(=O)CCC21. The Morgan fingerprint density at radius 2 is 2.13 bits per heavy atom. The molecule has 0 aromatic heterocycles. The molecule has 2 unspecified atom stereocenters. The molecule has 1 saturated heterocycles. The maximum absolute atomic E-state index is 11.7. The number of rotatable bonds is 0. The van der Waals surface area contributed by atoms with Gasteiger partial charge in [-0.1, -0.05) is 0 Å². The number of carbonyl (C=O) groups excluding carboxylic acids is 2. The lowest BCUT2D eigenvalue weighted by Gasteiger charge is -2.43. The van der Waals surface area contributed by atoms with Crippen molar-refractivity contribution in [1.29, 1.82) is 0 Å². The van der Waals surface area contributed by atoms with Gasteiger partial charge in [-0.05, 0) is 27.2 Å². The van der Waals surface area contributed by atoms with Gasteiger partial charge in [0.25, 0.3) is 0 Å². The van der Waals surface area contributed by atoms with Gasteiger partial charge in [0.05, 0.1) is 5.92 Å². The molecule has 0 spiro atoms. The second kappa shape index (κ2) is 3.22. The van der Waals surface area contributed by atoms with E-state index in [4.69, 9.17) is 4.74 Å². The molecule has 1 aliphatic heterocycles. The van der Waals surface area contributed by atoms with Crippen molar-refractivity contribution < 1.29 is 14.3 Å². The Kier molecular flexibility index (Phi) is 2.24. The number of hydrogen-bond donors (Lipinski definition) is 0. The molecule has 84 valence electrons. The van der Waals surface area contributed by atoms with Crippen LogP contribution in [0.5, 0.6) is 0 Å². The average molecular weight is 211 g/mol. The quantitative estimate of drug-likeness (QED) is 0.611. The Hall–Kier alpha value is -1.06. The minimum atomic E-state index is -0.454. The van der Waals surface area contributed by atoms with Crippen molar-refractivity contribution >= 4 is 11.9 Å². The highest BCUT2D eigenvalue weighted by Crippen LogP contribution is 2.37. The van der Waals surface area contributed by atoms with Crippen molar-refractivity contribution in [3.05, 3.63) is 0 Å². The van der Waals surface area contributed by atoms with Crippen LogP contribution in [0.15, 0.2) is 0 Å². The minimum absolute atomic E-state index is 0.0949. The molecule has 2 aliphatic rings. The highest BCUT2D eigenvalue weighted by Gasteiger charge is 2.50. The van der Waals surface area contributed by atoms with E-state index in [1.54, 1.807) is 4.90 Å². The van der Waals surface area contributed by atoms with Gasteiger partial charge in [0.2, 0.25) is 0 Å². The van der Waals surface area contributed by atoms with Crippen LogP contribution in [-0.2, 0) is 9.53 Å². The smallest absolute Gasteiger partial charge is 0.410 e. The molecule has 0 aromatic carbocycles. The lowest BCUT2D eigenvalue weighted by molar-refractivity contribution is -0.125. The van der Waals surface area contributed by atoms with Crippen LogP contribution in [0.4, 0.5) is 4.79 Å². The third-order valence-electron chi connectivity index (χ3n) is 2.99. The maximum atomic E-state index is 11.7. The molecule has 1 heterocycles.